The van der Waals surface area contributed by atoms with Crippen molar-refractivity contribution in [3.63, 3.8) is 0 Å². The van der Waals surface area contributed by atoms with Gasteiger partial charge in [0.1, 0.15) is 0 Å². The molecule has 1 aromatic carbocycles. The van der Waals surface area contributed by atoms with Gasteiger partial charge >= 0.3 is 0 Å². The summed E-state index contributed by atoms with van der Waals surface area (Å²) in [6, 6.07) is 6.04. The zero-order valence-electron chi connectivity index (χ0n) is 12.2. The Hall–Kier alpha value is -2.15. The van der Waals surface area contributed by atoms with Gasteiger partial charge < -0.3 is 14.8 Å². The molecule has 1 aliphatic heterocycles. The molecule has 0 unspecified atom stereocenters. The Morgan fingerprint density at radius 1 is 1.19 bits per heavy atom. The topological polar surface area (TPSA) is 74.1 Å². The number of rotatable bonds is 4. The van der Waals surface area contributed by atoms with Crippen LogP contribution in [0.4, 0.5) is 0 Å². The maximum absolute atomic E-state index is 5.49. The number of para-hydroxylation sites is 1. The Morgan fingerprint density at radius 2 is 2.00 bits per heavy atom. The number of aromatic nitrogens is 4. The average molecular weight is 289 g/mol. The summed E-state index contributed by atoms with van der Waals surface area (Å²) in [5, 5.41) is 15.6. The van der Waals surface area contributed by atoms with Crippen LogP contribution in [0.3, 0.4) is 0 Å². The van der Waals surface area contributed by atoms with Gasteiger partial charge in [-0.2, -0.15) is 0 Å². The fourth-order valence-corrected chi connectivity index (χ4v) is 2.73. The van der Waals surface area contributed by atoms with Crippen LogP contribution in [0.15, 0.2) is 18.2 Å². The van der Waals surface area contributed by atoms with Gasteiger partial charge in [-0.3, -0.25) is 0 Å². The molecular formula is C14H19N5O2. The van der Waals surface area contributed by atoms with E-state index in [0.29, 0.717) is 17.5 Å². The zero-order valence-corrected chi connectivity index (χ0v) is 12.2. The van der Waals surface area contributed by atoms with Crippen LogP contribution >= 0.6 is 0 Å². The molecule has 7 nitrogen and oxygen atoms in total. The molecule has 1 saturated heterocycles. The lowest BCUT2D eigenvalue weighted by molar-refractivity contribution is 0.338. The molecule has 0 bridgehead atoms. The van der Waals surface area contributed by atoms with Gasteiger partial charge in [-0.05, 0) is 48.5 Å². The fraction of sp³-hybridized carbons (Fsp3) is 0.500. The second kappa shape index (κ2) is 6.09. The van der Waals surface area contributed by atoms with E-state index in [9.17, 15) is 0 Å². The van der Waals surface area contributed by atoms with E-state index in [1.165, 1.54) is 0 Å². The normalized spacial score (nSPS) is 15.9. The van der Waals surface area contributed by atoms with Crippen molar-refractivity contribution in [3.8, 4) is 22.9 Å². The van der Waals surface area contributed by atoms with Crippen molar-refractivity contribution in [2.24, 2.45) is 0 Å². The van der Waals surface area contributed by atoms with Crippen molar-refractivity contribution in [1.82, 2.24) is 25.5 Å². The molecule has 21 heavy (non-hydrogen) atoms. The van der Waals surface area contributed by atoms with Crippen LogP contribution in [-0.2, 0) is 0 Å². The van der Waals surface area contributed by atoms with E-state index in [0.717, 1.165) is 37.3 Å². The Labute approximate surface area is 123 Å². The van der Waals surface area contributed by atoms with Crippen molar-refractivity contribution < 1.29 is 9.47 Å². The monoisotopic (exact) mass is 289 g/mol. The van der Waals surface area contributed by atoms with E-state index >= 15 is 0 Å². The second-order valence-electron chi connectivity index (χ2n) is 4.97. The minimum atomic E-state index is 0.312. The van der Waals surface area contributed by atoms with Crippen molar-refractivity contribution in [2.75, 3.05) is 27.3 Å². The molecule has 7 heteroatoms. The van der Waals surface area contributed by atoms with Crippen LogP contribution in [0.1, 0.15) is 18.9 Å². The maximum Gasteiger partial charge on any atom is 0.186 e. The van der Waals surface area contributed by atoms with Gasteiger partial charge in [-0.15, -0.1) is 5.10 Å². The molecule has 1 N–H and O–H groups in total. The van der Waals surface area contributed by atoms with Gasteiger partial charge in [0.25, 0.3) is 0 Å². The number of methoxy groups -OCH3 is 2. The number of nitrogens with zero attached hydrogens (tertiary/aromatic N) is 4. The van der Waals surface area contributed by atoms with E-state index in [1.807, 2.05) is 22.9 Å². The number of benzene rings is 1. The zero-order chi connectivity index (χ0) is 14.7. The highest BCUT2D eigenvalue weighted by molar-refractivity contribution is 5.68. The number of piperidine rings is 1. The van der Waals surface area contributed by atoms with Crippen LogP contribution in [0, 0.1) is 0 Å². The van der Waals surface area contributed by atoms with Crippen LogP contribution in [0.25, 0.3) is 11.4 Å². The van der Waals surface area contributed by atoms with E-state index in [1.54, 1.807) is 14.2 Å². The van der Waals surface area contributed by atoms with E-state index in [-0.39, 0.29) is 0 Å². The Kier molecular flexibility index (Phi) is 4.01. The molecule has 2 heterocycles. The largest absolute Gasteiger partial charge is 0.493 e. The van der Waals surface area contributed by atoms with E-state index < -0.39 is 0 Å². The Morgan fingerprint density at radius 3 is 2.71 bits per heavy atom. The summed E-state index contributed by atoms with van der Waals surface area (Å²) >= 11 is 0. The van der Waals surface area contributed by atoms with Crippen LogP contribution in [0.2, 0.25) is 0 Å². The summed E-state index contributed by atoms with van der Waals surface area (Å²) in [5.41, 5.74) is 0.848. The smallest absolute Gasteiger partial charge is 0.186 e. The Bertz CT molecular complexity index is 607. The molecular weight excluding hydrogens is 270 g/mol. The molecule has 0 amide bonds. The lowest BCUT2D eigenvalue weighted by atomic mass is 10.1. The minimum Gasteiger partial charge on any atom is -0.493 e. The molecule has 1 aliphatic rings. The predicted molar refractivity (Wildman–Crippen MR) is 77.5 cm³/mol. The van der Waals surface area contributed by atoms with Crippen LogP contribution < -0.4 is 14.8 Å². The number of hydrogen-bond donors (Lipinski definition) is 1. The van der Waals surface area contributed by atoms with Crippen LogP contribution in [-0.4, -0.2) is 47.5 Å². The molecule has 0 radical (unpaired) electrons. The maximum atomic E-state index is 5.49. The van der Waals surface area contributed by atoms with Crippen molar-refractivity contribution in [2.45, 2.75) is 18.9 Å². The predicted octanol–water partition coefficient (Wildman–Crippen LogP) is 1.28. The third-order valence-corrected chi connectivity index (χ3v) is 3.79. The number of nitrogens with one attached hydrogen (secondary N) is 1. The molecule has 2 aromatic rings. The first-order valence-electron chi connectivity index (χ1n) is 7.05. The van der Waals surface area contributed by atoms with E-state index in [4.69, 9.17) is 9.47 Å². The summed E-state index contributed by atoms with van der Waals surface area (Å²) in [6.07, 6.45) is 2.04. The van der Waals surface area contributed by atoms with Crippen LogP contribution in [0.5, 0.6) is 11.5 Å². The first-order valence-corrected chi connectivity index (χ1v) is 7.05. The summed E-state index contributed by atoms with van der Waals surface area (Å²) in [4.78, 5) is 0. The lowest BCUT2D eigenvalue weighted by Crippen LogP contribution is -2.30. The van der Waals surface area contributed by atoms with Gasteiger partial charge in [-0.1, -0.05) is 6.07 Å². The number of ether oxygens (including phenoxy) is 2. The summed E-state index contributed by atoms with van der Waals surface area (Å²) in [6.45, 7) is 1.97. The fourth-order valence-electron chi connectivity index (χ4n) is 2.73. The first-order chi connectivity index (χ1) is 10.3. The van der Waals surface area contributed by atoms with Gasteiger partial charge in [0.15, 0.2) is 17.3 Å². The standard InChI is InChI=1S/C14H19N5O2/c1-20-12-5-3-4-11(13(12)21-2)14-16-17-18-19(14)10-6-8-15-9-7-10/h3-5,10,15H,6-9H2,1-2H3. The highest BCUT2D eigenvalue weighted by atomic mass is 16.5. The number of hydrogen-bond acceptors (Lipinski definition) is 6. The van der Waals surface area contributed by atoms with Gasteiger partial charge in [0.2, 0.25) is 0 Å². The van der Waals surface area contributed by atoms with E-state index in [2.05, 4.69) is 20.8 Å². The van der Waals surface area contributed by atoms with Crippen molar-refractivity contribution >= 4 is 0 Å². The van der Waals surface area contributed by atoms with Gasteiger partial charge in [0.05, 0.1) is 25.8 Å². The average Bonchev–Trinajstić information content (AvgIpc) is 3.04. The summed E-state index contributed by atoms with van der Waals surface area (Å²) in [7, 11) is 3.25. The molecule has 0 saturated carbocycles. The highest BCUT2D eigenvalue weighted by Gasteiger charge is 2.23. The van der Waals surface area contributed by atoms with Gasteiger partial charge in [0, 0.05) is 0 Å². The van der Waals surface area contributed by atoms with Gasteiger partial charge in [-0.25, -0.2) is 4.68 Å². The highest BCUT2D eigenvalue weighted by Crippen LogP contribution is 2.37. The lowest BCUT2D eigenvalue weighted by Gasteiger charge is -2.23. The molecule has 3 rings (SSSR count). The van der Waals surface area contributed by atoms with Crippen molar-refractivity contribution in [1.29, 1.82) is 0 Å². The number of tetrazole rings is 1. The third-order valence-electron chi connectivity index (χ3n) is 3.79. The molecule has 1 aromatic heterocycles. The summed E-state index contributed by atoms with van der Waals surface area (Å²) in [5.74, 6) is 2.05. The molecule has 112 valence electrons. The Balaban J connectivity index is 2.03. The second-order valence-corrected chi connectivity index (χ2v) is 4.97. The third kappa shape index (κ3) is 2.56. The molecule has 0 spiro atoms. The SMILES string of the molecule is COc1cccc(-c2nnnn2C2CCNCC2)c1OC. The summed E-state index contributed by atoms with van der Waals surface area (Å²) < 4.78 is 12.7. The molecule has 1 fully saturated rings. The molecule has 0 aliphatic carbocycles. The quantitative estimate of drug-likeness (QED) is 0.914. The minimum absolute atomic E-state index is 0.312. The van der Waals surface area contributed by atoms with Crippen molar-refractivity contribution in [3.05, 3.63) is 18.2 Å². The first kappa shape index (κ1) is 13.8. The molecule has 0 atom stereocenters.